The van der Waals surface area contributed by atoms with E-state index in [1.54, 1.807) is 24.3 Å². The van der Waals surface area contributed by atoms with Crippen LogP contribution in [0.2, 0.25) is 0 Å². The predicted octanol–water partition coefficient (Wildman–Crippen LogP) is 1.72. The fourth-order valence-electron chi connectivity index (χ4n) is 1.45. The van der Waals surface area contributed by atoms with Crippen molar-refractivity contribution in [3.8, 4) is 0 Å². The van der Waals surface area contributed by atoms with Gasteiger partial charge in [-0.05, 0) is 5.56 Å². The molecule has 0 aliphatic rings. The molecule has 2 N–H and O–H groups in total. The molecule has 0 heterocycles. The summed E-state index contributed by atoms with van der Waals surface area (Å²) >= 11 is 0. The molecule has 4 nitrogen and oxygen atoms in total. The molecule has 91 valence electrons. The molecule has 1 rings (SSSR count). The monoisotopic (exact) mass is 315 g/mol. The Bertz CT molecular complexity index is 334. The summed E-state index contributed by atoms with van der Waals surface area (Å²) in [5.74, 6) is -2.42. The Hall–Kier alpha value is -1.10. The van der Waals surface area contributed by atoms with Gasteiger partial charge in [0.2, 0.25) is 0 Å². The zero-order valence-electron chi connectivity index (χ0n) is 8.39. The maximum absolute atomic E-state index is 10.6. The van der Waals surface area contributed by atoms with Gasteiger partial charge in [-0.25, -0.2) is 0 Å². The van der Waals surface area contributed by atoms with Crippen molar-refractivity contribution in [2.45, 2.75) is 18.8 Å². The van der Waals surface area contributed by atoms with E-state index in [9.17, 15) is 9.59 Å². The number of carboxylic acid groups (broad SMARTS) is 2. The first-order valence-electron chi connectivity index (χ1n) is 4.58. The minimum Gasteiger partial charge on any atom is -0.481 e. The van der Waals surface area contributed by atoms with Crippen LogP contribution in [-0.2, 0) is 32.0 Å². The number of benzene rings is 1. The summed E-state index contributed by atoms with van der Waals surface area (Å²) < 4.78 is 0. The van der Waals surface area contributed by atoms with Crippen LogP contribution in [0.3, 0.4) is 0 Å². The molecule has 5 heteroatoms. The van der Waals surface area contributed by atoms with Crippen molar-refractivity contribution in [1.82, 2.24) is 0 Å². The molecule has 1 aromatic rings. The van der Waals surface area contributed by atoms with E-state index in [2.05, 4.69) is 0 Å². The maximum Gasteiger partial charge on any atom is 0.303 e. The molecule has 0 fully saturated rings. The first kappa shape index (κ1) is 14.9. The smallest absolute Gasteiger partial charge is 0.303 e. The van der Waals surface area contributed by atoms with E-state index >= 15 is 0 Å². The minimum absolute atomic E-state index is 0. The number of carboxylic acids is 2. The Morgan fingerprint density at radius 1 is 1.00 bits per heavy atom. The number of hydrogen-bond donors (Lipinski definition) is 2. The van der Waals surface area contributed by atoms with Crippen molar-refractivity contribution < 1.29 is 42.2 Å². The molecule has 0 saturated heterocycles. The summed E-state index contributed by atoms with van der Waals surface area (Å²) in [6.07, 6.45) is -0.313. The van der Waals surface area contributed by atoms with Crippen LogP contribution in [0.5, 0.6) is 0 Å². The molecule has 0 spiro atoms. The summed E-state index contributed by atoms with van der Waals surface area (Å²) in [7, 11) is 0. The second-order valence-electron chi connectivity index (χ2n) is 3.30. The van der Waals surface area contributed by atoms with Crippen LogP contribution < -0.4 is 0 Å². The molecule has 1 aromatic carbocycles. The third kappa shape index (κ3) is 5.11. The average molecular weight is 316 g/mol. The van der Waals surface area contributed by atoms with Crippen LogP contribution in [0, 0.1) is 0 Å². The van der Waals surface area contributed by atoms with Crippen molar-refractivity contribution in [2.75, 3.05) is 0 Å². The van der Waals surface area contributed by atoms with E-state index in [0.717, 1.165) is 5.56 Å². The summed E-state index contributed by atoms with van der Waals surface area (Å²) in [6, 6.07) is 8.84. The molecule has 1 radical (unpaired) electrons. The first-order chi connectivity index (χ1) is 7.09. The van der Waals surface area contributed by atoms with Crippen LogP contribution in [0.25, 0.3) is 0 Å². The number of hydrogen-bond acceptors (Lipinski definition) is 2. The Morgan fingerprint density at radius 3 is 1.81 bits per heavy atom. The van der Waals surface area contributed by atoms with Gasteiger partial charge in [-0.15, -0.1) is 0 Å². The van der Waals surface area contributed by atoms with Gasteiger partial charge in [0, 0.05) is 28.3 Å². The van der Waals surface area contributed by atoms with Crippen molar-refractivity contribution in [2.24, 2.45) is 0 Å². The SMILES string of the molecule is O=C(O)CC(CC(=O)O)c1ccccc1.[Ag]. The van der Waals surface area contributed by atoms with Crippen LogP contribution in [0.1, 0.15) is 24.3 Å². The Balaban J connectivity index is 0.00000225. The second kappa shape index (κ2) is 7.22. The summed E-state index contributed by atoms with van der Waals surface area (Å²) in [5.41, 5.74) is 0.752. The zero-order chi connectivity index (χ0) is 11.3. The first-order valence-corrected chi connectivity index (χ1v) is 4.58. The number of rotatable bonds is 5. The van der Waals surface area contributed by atoms with Gasteiger partial charge >= 0.3 is 11.9 Å². The van der Waals surface area contributed by atoms with Crippen LogP contribution >= 0.6 is 0 Å². The van der Waals surface area contributed by atoms with E-state index in [1.165, 1.54) is 0 Å². The van der Waals surface area contributed by atoms with E-state index in [1.807, 2.05) is 6.07 Å². The van der Waals surface area contributed by atoms with Gasteiger partial charge in [-0.3, -0.25) is 9.59 Å². The Labute approximate surface area is 109 Å². The molecule has 0 aromatic heterocycles. The molecule has 0 aliphatic heterocycles. The van der Waals surface area contributed by atoms with Crippen LogP contribution in [0.15, 0.2) is 30.3 Å². The molecule has 0 amide bonds. The summed E-state index contributed by atoms with van der Waals surface area (Å²) in [4.78, 5) is 21.1. The van der Waals surface area contributed by atoms with Crippen molar-refractivity contribution in [3.63, 3.8) is 0 Å². The normalized spacial score (nSPS) is 9.56. The molecule has 0 atom stereocenters. The fourth-order valence-corrected chi connectivity index (χ4v) is 1.45. The molecule has 0 saturated carbocycles. The number of aliphatic carboxylic acids is 2. The topological polar surface area (TPSA) is 74.6 Å². The van der Waals surface area contributed by atoms with E-state index in [0.29, 0.717) is 0 Å². The predicted molar refractivity (Wildman–Crippen MR) is 53.7 cm³/mol. The van der Waals surface area contributed by atoms with Gasteiger partial charge in [0.15, 0.2) is 0 Å². The minimum atomic E-state index is -0.981. The van der Waals surface area contributed by atoms with Crippen molar-refractivity contribution in [1.29, 1.82) is 0 Å². The fraction of sp³-hybridized carbons (Fsp3) is 0.273. The molecule has 0 aliphatic carbocycles. The largest absolute Gasteiger partial charge is 0.481 e. The van der Waals surface area contributed by atoms with Crippen molar-refractivity contribution >= 4 is 11.9 Å². The van der Waals surface area contributed by atoms with Gasteiger partial charge < -0.3 is 10.2 Å². The van der Waals surface area contributed by atoms with E-state index in [4.69, 9.17) is 10.2 Å². The second-order valence-corrected chi connectivity index (χ2v) is 3.30. The van der Waals surface area contributed by atoms with Crippen molar-refractivity contribution in [3.05, 3.63) is 35.9 Å². The van der Waals surface area contributed by atoms with Gasteiger partial charge in [-0.2, -0.15) is 0 Å². The van der Waals surface area contributed by atoms with Gasteiger partial charge in [-0.1, -0.05) is 30.3 Å². The molecule has 0 unspecified atom stereocenters. The zero-order valence-corrected chi connectivity index (χ0v) is 9.87. The molecular weight excluding hydrogens is 304 g/mol. The maximum atomic E-state index is 10.6. The van der Waals surface area contributed by atoms with Crippen LogP contribution in [0.4, 0.5) is 0 Å². The van der Waals surface area contributed by atoms with E-state index in [-0.39, 0.29) is 35.2 Å². The third-order valence-corrected chi connectivity index (χ3v) is 2.11. The number of carbonyl (C=O) groups is 2. The quantitative estimate of drug-likeness (QED) is 0.811. The van der Waals surface area contributed by atoms with Gasteiger partial charge in [0.25, 0.3) is 0 Å². The summed E-state index contributed by atoms with van der Waals surface area (Å²) in [5, 5.41) is 17.3. The molecule has 0 bridgehead atoms. The Kier molecular flexibility index (Phi) is 6.72. The standard InChI is InChI=1S/C11H12O4.Ag/c12-10(13)6-9(7-11(14)15)8-4-2-1-3-5-8;/h1-5,9H,6-7H2,(H,12,13)(H,14,15);. The third-order valence-electron chi connectivity index (χ3n) is 2.11. The summed E-state index contributed by atoms with van der Waals surface area (Å²) in [6.45, 7) is 0. The van der Waals surface area contributed by atoms with Crippen LogP contribution in [-0.4, -0.2) is 22.2 Å². The van der Waals surface area contributed by atoms with Gasteiger partial charge in [0.05, 0.1) is 12.8 Å². The average Bonchev–Trinajstić information content (AvgIpc) is 2.17. The molecular formula is C11H12AgO4. The molecule has 16 heavy (non-hydrogen) atoms. The Morgan fingerprint density at radius 2 is 1.44 bits per heavy atom. The van der Waals surface area contributed by atoms with Gasteiger partial charge in [0.1, 0.15) is 0 Å². The van der Waals surface area contributed by atoms with E-state index < -0.39 is 17.9 Å².